The molecule has 1 amide bonds. The third-order valence-corrected chi connectivity index (χ3v) is 2.97. The second-order valence-electron chi connectivity index (χ2n) is 4.84. The van der Waals surface area contributed by atoms with Gasteiger partial charge in [0.15, 0.2) is 5.69 Å². The molecule has 2 heterocycles. The molecule has 2 atom stereocenters. The molecule has 7 nitrogen and oxygen atoms in total. The Bertz CT molecular complexity index is 501. The Morgan fingerprint density at radius 1 is 1.37 bits per heavy atom. The zero-order chi connectivity index (χ0) is 14.2. The van der Waals surface area contributed by atoms with E-state index >= 15 is 0 Å². The molecule has 0 aromatic carbocycles. The van der Waals surface area contributed by atoms with E-state index in [-0.39, 0.29) is 29.4 Å². The molecule has 1 fully saturated rings. The highest BCUT2D eigenvalue weighted by Crippen LogP contribution is 2.16. The molecule has 0 aliphatic carbocycles. The van der Waals surface area contributed by atoms with Gasteiger partial charge in [0.2, 0.25) is 0 Å². The molecule has 104 valence electrons. The van der Waals surface area contributed by atoms with Crippen LogP contribution in [0.5, 0.6) is 0 Å². The number of carboxylic acids is 1. The number of carbonyl (C=O) groups excluding carboxylic acids is 1. The molecule has 0 spiro atoms. The minimum absolute atomic E-state index is 0.0173. The molecule has 19 heavy (non-hydrogen) atoms. The van der Waals surface area contributed by atoms with E-state index in [0.29, 0.717) is 13.1 Å². The average Bonchev–Trinajstić information content (AvgIpc) is 2.69. The number of aromatic carboxylic acids is 1. The molecule has 0 unspecified atom stereocenters. The highest BCUT2D eigenvalue weighted by molar-refractivity contribution is 6.03. The smallest absolute Gasteiger partial charge is 0.339 e. The first-order chi connectivity index (χ1) is 8.88. The van der Waals surface area contributed by atoms with Crippen LogP contribution in [-0.2, 0) is 11.8 Å². The first-order valence-electron chi connectivity index (χ1n) is 6.10. The van der Waals surface area contributed by atoms with Gasteiger partial charge in [0, 0.05) is 26.3 Å². The van der Waals surface area contributed by atoms with Crippen LogP contribution in [0.3, 0.4) is 0 Å². The maximum atomic E-state index is 12.4. The van der Waals surface area contributed by atoms with Crippen LogP contribution in [0, 0.1) is 0 Å². The molecule has 1 aromatic heterocycles. The van der Waals surface area contributed by atoms with E-state index < -0.39 is 5.97 Å². The number of hydrogen-bond acceptors (Lipinski definition) is 4. The van der Waals surface area contributed by atoms with Gasteiger partial charge in [-0.3, -0.25) is 9.48 Å². The topological polar surface area (TPSA) is 84.7 Å². The molecule has 0 bridgehead atoms. The fourth-order valence-electron chi connectivity index (χ4n) is 2.30. The highest BCUT2D eigenvalue weighted by atomic mass is 16.5. The van der Waals surface area contributed by atoms with Crippen molar-refractivity contribution < 1.29 is 19.4 Å². The fraction of sp³-hybridized carbons (Fsp3) is 0.583. The number of carbonyl (C=O) groups is 2. The lowest BCUT2D eigenvalue weighted by Gasteiger charge is -2.35. The van der Waals surface area contributed by atoms with E-state index in [4.69, 9.17) is 9.84 Å². The summed E-state index contributed by atoms with van der Waals surface area (Å²) in [5.74, 6) is -1.51. The van der Waals surface area contributed by atoms with Gasteiger partial charge in [-0.05, 0) is 13.8 Å². The van der Waals surface area contributed by atoms with Gasteiger partial charge in [0.1, 0.15) is 5.56 Å². The number of rotatable bonds is 2. The van der Waals surface area contributed by atoms with Gasteiger partial charge in [-0.25, -0.2) is 4.79 Å². The van der Waals surface area contributed by atoms with E-state index in [1.165, 1.54) is 10.9 Å². The Morgan fingerprint density at radius 2 is 1.95 bits per heavy atom. The number of morpholine rings is 1. The average molecular weight is 267 g/mol. The molecule has 0 saturated carbocycles. The molecular formula is C12H17N3O4. The molecule has 1 aromatic rings. The van der Waals surface area contributed by atoms with Gasteiger partial charge in [-0.15, -0.1) is 0 Å². The maximum absolute atomic E-state index is 12.4. The number of carboxylic acid groups (broad SMARTS) is 1. The number of aromatic nitrogens is 2. The minimum atomic E-state index is -1.15. The number of amides is 1. The summed E-state index contributed by atoms with van der Waals surface area (Å²) >= 11 is 0. The van der Waals surface area contributed by atoms with E-state index in [2.05, 4.69) is 5.10 Å². The van der Waals surface area contributed by atoms with E-state index in [1.54, 1.807) is 11.9 Å². The SMILES string of the molecule is C[C@H]1CN(C(=O)c2nn(C)cc2C(=O)O)C[C@H](C)O1. The van der Waals surface area contributed by atoms with E-state index in [1.807, 2.05) is 13.8 Å². The predicted octanol–water partition coefficient (Wildman–Crippen LogP) is 0.368. The summed E-state index contributed by atoms with van der Waals surface area (Å²) in [6.45, 7) is 4.65. The lowest BCUT2D eigenvalue weighted by Crippen LogP contribution is -2.48. The zero-order valence-corrected chi connectivity index (χ0v) is 11.2. The van der Waals surface area contributed by atoms with Gasteiger partial charge >= 0.3 is 5.97 Å². The van der Waals surface area contributed by atoms with Crippen molar-refractivity contribution >= 4 is 11.9 Å². The number of hydrogen-bond donors (Lipinski definition) is 1. The monoisotopic (exact) mass is 267 g/mol. The molecule has 1 saturated heterocycles. The van der Waals surface area contributed by atoms with Crippen LogP contribution in [-0.4, -0.2) is 57.0 Å². The van der Waals surface area contributed by atoms with Crippen LogP contribution in [0.2, 0.25) is 0 Å². The number of aryl methyl sites for hydroxylation is 1. The van der Waals surface area contributed by atoms with E-state index in [0.717, 1.165) is 0 Å². The molecule has 1 aliphatic heterocycles. The summed E-state index contributed by atoms with van der Waals surface area (Å²) in [7, 11) is 1.59. The van der Waals surface area contributed by atoms with Crippen molar-refractivity contribution in [1.29, 1.82) is 0 Å². The zero-order valence-electron chi connectivity index (χ0n) is 11.2. The van der Waals surface area contributed by atoms with Crippen LogP contribution >= 0.6 is 0 Å². The van der Waals surface area contributed by atoms with Crippen molar-refractivity contribution in [3.05, 3.63) is 17.5 Å². The summed E-state index contributed by atoms with van der Waals surface area (Å²) in [5, 5.41) is 13.0. The quantitative estimate of drug-likeness (QED) is 0.836. The van der Waals surface area contributed by atoms with Crippen LogP contribution in [0.4, 0.5) is 0 Å². The number of nitrogens with zero attached hydrogens (tertiary/aromatic N) is 3. The van der Waals surface area contributed by atoms with E-state index in [9.17, 15) is 9.59 Å². The van der Waals surface area contributed by atoms with Crippen molar-refractivity contribution in [2.75, 3.05) is 13.1 Å². The van der Waals surface area contributed by atoms with Gasteiger partial charge in [0.25, 0.3) is 5.91 Å². The summed E-state index contributed by atoms with van der Waals surface area (Å²) in [5.41, 5.74) is -0.0874. The summed E-state index contributed by atoms with van der Waals surface area (Å²) in [6, 6.07) is 0. The molecule has 1 aliphatic rings. The second-order valence-corrected chi connectivity index (χ2v) is 4.84. The number of ether oxygens (including phenoxy) is 1. The van der Waals surface area contributed by atoms with Gasteiger partial charge in [0.05, 0.1) is 12.2 Å². The highest BCUT2D eigenvalue weighted by Gasteiger charge is 2.30. The summed E-state index contributed by atoms with van der Waals surface area (Å²) in [6.07, 6.45) is 1.21. The molecule has 0 radical (unpaired) electrons. The molecule has 7 heteroatoms. The standard InChI is InChI=1S/C12H17N3O4/c1-7-4-15(5-8(2)19-7)11(16)10-9(12(17)18)6-14(3)13-10/h6-8H,4-5H2,1-3H3,(H,17,18)/t7-,8-/m0/s1. The van der Waals surface area contributed by atoms with Crippen LogP contribution in [0.15, 0.2) is 6.20 Å². The Labute approximate surface area is 110 Å². The first-order valence-corrected chi connectivity index (χ1v) is 6.10. The van der Waals surface area contributed by atoms with Crippen molar-refractivity contribution in [2.45, 2.75) is 26.1 Å². The van der Waals surface area contributed by atoms with Gasteiger partial charge in [-0.1, -0.05) is 0 Å². The lowest BCUT2D eigenvalue weighted by atomic mass is 10.2. The molecule has 1 N–H and O–H groups in total. The van der Waals surface area contributed by atoms with Crippen LogP contribution in [0.1, 0.15) is 34.7 Å². The summed E-state index contributed by atoms with van der Waals surface area (Å²) in [4.78, 5) is 25.1. The normalized spacial score (nSPS) is 23.4. The molecular weight excluding hydrogens is 250 g/mol. The Balaban J connectivity index is 2.26. The first kappa shape index (κ1) is 13.5. The predicted molar refractivity (Wildman–Crippen MR) is 66.1 cm³/mol. The third kappa shape index (κ3) is 2.76. The van der Waals surface area contributed by atoms with Crippen molar-refractivity contribution in [2.24, 2.45) is 7.05 Å². The minimum Gasteiger partial charge on any atom is -0.478 e. The van der Waals surface area contributed by atoms with Crippen LogP contribution in [0.25, 0.3) is 0 Å². The second kappa shape index (κ2) is 5.00. The fourth-order valence-corrected chi connectivity index (χ4v) is 2.30. The van der Waals surface area contributed by atoms with Gasteiger partial charge in [-0.2, -0.15) is 5.10 Å². The van der Waals surface area contributed by atoms with Crippen LogP contribution < -0.4 is 0 Å². The Morgan fingerprint density at radius 3 is 2.47 bits per heavy atom. The van der Waals surface area contributed by atoms with Crippen molar-refractivity contribution in [3.63, 3.8) is 0 Å². The molecule has 2 rings (SSSR count). The van der Waals surface area contributed by atoms with Gasteiger partial charge < -0.3 is 14.7 Å². The Kier molecular flexibility index (Phi) is 3.57. The van der Waals surface area contributed by atoms with Crippen molar-refractivity contribution in [3.8, 4) is 0 Å². The lowest BCUT2D eigenvalue weighted by molar-refractivity contribution is -0.0587. The largest absolute Gasteiger partial charge is 0.478 e. The Hall–Kier alpha value is -1.89. The third-order valence-electron chi connectivity index (χ3n) is 2.97. The maximum Gasteiger partial charge on any atom is 0.339 e. The van der Waals surface area contributed by atoms with Crippen molar-refractivity contribution in [1.82, 2.24) is 14.7 Å². The summed E-state index contributed by atoms with van der Waals surface area (Å²) < 4.78 is 6.89.